The molecule has 1 N–H and O–H groups in total. The van der Waals surface area contributed by atoms with Crippen LogP contribution in [0.2, 0.25) is 0 Å². The molecule has 0 amide bonds. The Morgan fingerprint density at radius 1 is 1.33 bits per heavy atom. The molecule has 2 aromatic heterocycles. The number of fused-ring (bicyclic) bond motifs is 1. The number of aromatic nitrogens is 2. The lowest BCUT2D eigenvalue weighted by molar-refractivity contribution is 0.101. The second kappa shape index (κ2) is 5.49. The largest absolute Gasteiger partial charge is 0.379 e. The van der Waals surface area contributed by atoms with Crippen LogP contribution >= 0.6 is 11.3 Å². The lowest BCUT2D eigenvalue weighted by Gasteiger charge is -2.06. The molecule has 0 aliphatic heterocycles. The number of hydrogen-bond acceptors (Lipinski definition) is 5. The van der Waals surface area contributed by atoms with Crippen molar-refractivity contribution in [1.82, 2.24) is 9.38 Å². The summed E-state index contributed by atoms with van der Waals surface area (Å²) >= 11 is 1.43. The molecule has 0 aliphatic carbocycles. The first-order valence-corrected chi connectivity index (χ1v) is 7.32. The zero-order chi connectivity index (χ0) is 14.8. The molecule has 0 fully saturated rings. The van der Waals surface area contributed by atoms with Crippen LogP contribution in [0.15, 0.2) is 46.7 Å². The van der Waals surface area contributed by atoms with E-state index in [-0.39, 0.29) is 11.3 Å². The van der Waals surface area contributed by atoms with E-state index in [2.05, 4.69) is 10.3 Å². The molecule has 0 saturated heterocycles. The predicted octanol–water partition coefficient (Wildman–Crippen LogP) is 2.57. The molecule has 21 heavy (non-hydrogen) atoms. The van der Waals surface area contributed by atoms with Crippen molar-refractivity contribution in [1.29, 1.82) is 0 Å². The summed E-state index contributed by atoms with van der Waals surface area (Å²) in [6, 6.07) is 8.75. The average Bonchev–Trinajstić information content (AvgIpc) is 2.94. The van der Waals surface area contributed by atoms with E-state index >= 15 is 0 Å². The Morgan fingerprint density at radius 2 is 2.10 bits per heavy atom. The van der Waals surface area contributed by atoms with Gasteiger partial charge in [-0.3, -0.25) is 14.0 Å². The summed E-state index contributed by atoms with van der Waals surface area (Å²) in [5, 5.41) is 5.03. The normalized spacial score (nSPS) is 10.7. The number of hydrogen-bond donors (Lipinski definition) is 1. The van der Waals surface area contributed by atoms with Crippen molar-refractivity contribution < 1.29 is 4.79 Å². The van der Waals surface area contributed by atoms with Gasteiger partial charge < -0.3 is 5.32 Å². The fourth-order valence-electron chi connectivity index (χ4n) is 1.99. The molecule has 0 atom stereocenters. The van der Waals surface area contributed by atoms with Crippen LogP contribution in [0.3, 0.4) is 0 Å². The Kier molecular flexibility index (Phi) is 3.53. The maximum Gasteiger partial charge on any atom is 0.258 e. The van der Waals surface area contributed by atoms with Gasteiger partial charge in [-0.25, -0.2) is 4.98 Å². The Morgan fingerprint density at radius 3 is 2.81 bits per heavy atom. The molecule has 0 aliphatic rings. The summed E-state index contributed by atoms with van der Waals surface area (Å²) in [7, 11) is 0. The molecule has 0 spiro atoms. The highest BCUT2D eigenvalue weighted by Gasteiger charge is 2.04. The highest BCUT2D eigenvalue weighted by atomic mass is 32.1. The Labute approximate surface area is 124 Å². The molecule has 0 unspecified atom stereocenters. The number of nitrogens with one attached hydrogen (secondary N) is 1. The van der Waals surface area contributed by atoms with E-state index in [0.717, 1.165) is 5.69 Å². The number of nitrogens with zero attached hydrogens (tertiary/aromatic N) is 2. The molecular formula is C15H13N3O2S. The van der Waals surface area contributed by atoms with Gasteiger partial charge in [0, 0.05) is 28.9 Å². The minimum atomic E-state index is -0.0787. The van der Waals surface area contributed by atoms with Crippen molar-refractivity contribution in [2.24, 2.45) is 0 Å². The summed E-state index contributed by atoms with van der Waals surface area (Å²) in [5.74, 6) is 0.0411. The Bertz CT molecular complexity index is 849. The van der Waals surface area contributed by atoms with Crippen LogP contribution in [0.5, 0.6) is 0 Å². The fraction of sp³-hybridized carbons (Fsp3) is 0.133. The maximum atomic E-state index is 11.9. The summed E-state index contributed by atoms with van der Waals surface area (Å²) in [4.78, 5) is 28.2. The first kappa shape index (κ1) is 13.5. The smallest absolute Gasteiger partial charge is 0.258 e. The second-order valence-corrected chi connectivity index (χ2v) is 5.50. The van der Waals surface area contributed by atoms with Crippen LogP contribution < -0.4 is 10.9 Å². The molecule has 0 bridgehead atoms. The molecular weight excluding hydrogens is 286 g/mol. The van der Waals surface area contributed by atoms with Crippen molar-refractivity contribution in [2.45, 2.75) is 13.5 Å². The highest BCUT2D eigenvalue weighted by Crippen LogP contribution is 2.12. The van der Waals surface area contributed by atoms with Gasteiger partial charge in [-0.05, 0) is 31.2 Å². The van der Waals surface area contributed by atoms with E-state index in [9.17, 15) is 9.59 Å². The highest BCUT2D eigenvalue weighted by molar-refractivity contribution is 7.15. The first-order valence-electron chi connectivity index (χ1n) is 6.44. The van der Waals surface area contributed by atoms with Gasteiger partial charge in [0.15, 0.2) is 10.7 Å². The molecule has 3 rings (SSSR count). The van der Waals surface area contributed by atoms with Gasteiger partial charge >= 0.3 is 0 Å². The topological polar surface area (TPSA) is 63.5 Å². The number of benzene rings is 1. The number of thiazole rings is 1. The van der Waals surface area contributed by atoms with Gasteiger partial charge in [-0.1, -0.05) is 0 Å². The lowest BCUT2D eigenvalue weighted by atomic mass is 10.1. The van der Waals surface area contributed by atoms with Gasteiger partial charge in [0.1, 0.15) is 0 Å². The fourth-order valence-corrected chi connectivity index (χ4v) is 2.73. The van der Waals surface area contributed by atoms with Crippen molar-refractivity contribution in [3.8, 4) is 0 Å². The molecule has 5 nitrogen and oxygen atoms in total. The van der Waals surface area contributed by atoms with Crippen molar-refractivity contribution in [3.05, 3.63) is 63.5 Å². The summed E-state index contributed by atoms with van der Waals surface area (Å²) in [5.41, 5.74) is 2.17. The van der Waals surface area contributed by atoms with Crippen molar-refractivity contribution in [2.75, 3.05) is 5.32 Å². The van der Waals surface area contributed by atoms with Gasteiger partial charge in [0.25, 0.3) is 5.56 Å². The van der Waals surface area contributed by atoms with Gasteiger partial charge in [0.05, 0.1) is 12.2 Å². The van der Waals surface area contributed by atoms with Crippen LogP contribution in [0.25, 0.3) is 4.96 Å². The summed E-state index contributed by atoms with van der Waals surface area (Å²) in [6.07, 6.45) is 1.72. The van der Waals surface area contributed by atoms with Gasteiger partial charge in [0.2, 0.25) is 0 Å². The van der Waals surface area contributed by atoms with E-state index in [1.807, 2.05) is 17.5 Å². The number of Topliss-reactive ketones (excluding diaryl/α,β-unsaturated/α-hetero) is 1. The van der Waals surface area contributed by atoms with Crippen LogP contribution in [0.4, 0.5) is 5.69 Å². The molecule has 6 heteroatoms. The molecule has 0 radical (unpaired) electrons. The Hall–Kier alpha value is -2.47. The first-order chi connectivity index (χ1) is 10.1. The lowest BCUT2D eigenvalue weighted by Crippen LogP contribution is -2.14. The number of rotatable bonds is 4. The SMILES string of the molecule is CC(=O)c1ccc(NCc2cc(=O)n3ccsc3n2)cc1. The van der Waals surface area contributed by atoms with Crippen LogP contribution in [0.1, 0.15) is 23.0 Å². The minimum absolute atomic E-state index is 0.0411. The van der Waals surface area contributed by atoms with Crippen molar-refractivity contribution >= 4 is 27.8 Å². The second-order valence-electron chi connectivity index (χ2n) is 4.63. The van der Waals surface area contributed by atoms with Crippen LogP contribution in [-0.4, -0.2) is 15.2 Å². The van der Waals surface area contributed by atoms with E-state index in [1.165, 1.54) is 28.7 Å². The zero-order valence-electron chi connectivity index (χ0n) is 11.4. The number of carbonyl (C=O) groups is 1. The van der Waals surface area contributed by atoms with Crippen molar-refractivity contribution in [3.63, 3.8) is 0 Å². The quantitative estimate of drug-likeness (QED) is 0.752. The number of anilines is 1. The zero-order valence-corrected chi connectivity index (χ0v) is 12.2. The number of carbonyl (C=O) groups excluding carboxylic acids is 1. The monoisotopic (exact) mass is 299 g/mol. The molecule has 1 aromatic carbocycles. The average molecular weight is 299 g/mol. The van der Waals surface area contributed by atoms with E-state index in [0.29, 0.717) is 22.8 Å². The summed E-state index contributed by atoms with van der Waals surface area (Å²) < 4.78 is 1.52. The molecule has 2 heterocycles. The molecule has 3 aromatic rings. The van der Waals surface area contributed by atoms with E-state index in [1.54, 1.807) is 18.3 Å². The molecule has 0 saturated carbocycles. The number of ketones is 1. The third-order valence-corrected chi connectivity index (χ3v) is 3.88. The minimum Gasteiger partial charge on any atom is -0.379 e. The third kappa shape index (κ3) is 2.85. The predicted molar refractivity (Wildman–Crippen MR) is 83.1 cm³/mol. The molecule has 106 valence electrons. The van der Waals surface area contributed by atoms with Gasteiger partial charge in [-0.15, -0.1) is 11.3 Å². The summed E-state index contributed by atoms with van der Waals surface area (Å²) in [6.45, 7) is 2.00. The Balaban J connectivity index is 1.76. The van der Waals surface area contributed by atoms with E-state index in [4.69, 9.17) is 0 Å². The van der Waals surface area contributed by atoms with Crippen LogP contribution in [-0.2, 0) is 6.54 Å². The van der Waals surface area contributed by atoms with E-state index < -0.39 is 0 Å². The third-order valence-electron chi connectivity index (χ3n) is 3.12. The maximum absolute atomic E-state index is 11.9. The van der Waals surface area contributed by atoms with Gasteiger partial charge in [-0.2, -0.15) is 0 Å². The van der Waals surface area contributed by atoms with Crippen LogP contribution in [0, 0.1) is 0 Å². The standard InChI is InChI=1S/C15H13N3O2S/c1-10(19)11-2-4-12(5-3-11)16-9-13-8-14(20)18-6-7-21-15(18)17-13/h2-8,16H,9H2,1H3.